The third kappa shape index (κ3) is 6.28. The van der Waals surface area contributed by atoms with Crippen LogP contribution in [0.4, 0.5) is 23.8 Å². The van der Waals surface area contributed by atoms with Crippen LogP contribution in [0, 0.1) is 24.4 Å². The highest BCUT2D eigenvalue weighted by Gasteiger charge is 2.34. The van der Waals surface area contributed by atoms with Crippen LogP contribution < -0.4 is 10.6 Å². The number of fused-ring (bicyclic) bond motifs is 1. The number of rotatable bonds is 5. The fourth-order valence-corrected chi connectivity index (χ4v) is 6.17. The monoisotopic (exact) mass is 673 g/mol. The number of nitrogens with zero attached hydrogens (tertiary/aromatic N) is 5. The maximum Gasteiger partial charge on any atom is 0.410 e. The van der Waals surface area contributed by atoms with Crippen molar-refractivity contribution in [2.24, 2.45) is 0 Å². The summed E-state index contributed by atoms with van der Waals surface area (Å²) in [5, 5.41) is 9.86. The van der Waals surface area contributed by atoms with Crippen LogP contribution in [-0.4, -0.2) is 61.9 Å². The predicted octanol–water partition coefficient (Wildman–Crippen LogP) is 6.89. The molecule has 9 nitrogen and oxygen atoms in total. The highest BCUT2D eigenvalue weighted by atomic mass is 35.5. The minimum absolute atomic E-state index is 0.0324. The molecule has 4 aromatic rings. The van der Waals surface area contributed by atoms with E-state index in [1.54, 1.807) is 51.8 Å². The molecule has 47 heavy (non-hydrogen) atoms. The number of ether oxygens (including phenoxy) is 1. The van der Waals surface area contributed by atoms with E-state index in [0.29, 0.717) is 17.3 Å². The van der Waals surface area contributed by atoms with Crippen LogP contribution in [0.15, 0.2) is 35.3 Å². The molecule has 0 radical (unpaired) electrons. The van der Waals surface area contributed by atoms with Gasteiger partial charge in [-0.2, -0.15) is 4.98 Å². The molecule has 0 saturated carbocycles. The van der Waals surface area contributed by atoms with Gasteiger partial charge in [-0.15, -0.1) is 0 Å². The summed E-state index contributed by atoms with van der Waals surface area (Å²) in [6, 6.07) is 3.84. The van der Waals surface area contributed by atoms with E-state index >= 15 is 8.78 Å². The van der Waals surface area contributed by atoms with E-state index < -0.39 is 74.7 Å². The van der Waals surface area contributed by atoms with Gasteiger partial charge in [-0.05, 0) is 69.9 Å². The summed E-state index contributed by atoms with van der Waals surface area (Å²) >= 11 is 6.67. The lowest BCUT2D eigenvalue weighted by Gasteiger charge is -2.41. The second-order valence-corrected chi connectivity index (χ2v) is 13.3. The average Bonchev–Trinajstić information content (AvgIpc) is 2.98. The molecular weight excluding hydrogens is 635 g/mol. The van der Waals surface area contributed by atoms with Crippen LogP contribution in [-0.2, 0) is 11.3 Å². The molecule has 250 valence electrons. The molecule has 1 N–H and O–H groups in total. The molecule has 2 aromatic carbocycles. The molecule has 0 bridgehead atoms. The van der Waals surface area contributed by atoms with Crippen molar-refractivity contribution in [3.8, 4) is 16.8 Å². The summed E-state index contributed by atoms with van der Waals surface area (Å²) in [4.78, 5) is 39.1. The maximum absolute atomic E-state index is 17.4. The molecule has 1 aliphatic heterocycles. The number of aromatic nitrogens is 3. The quantitative estimate of drug-likeness (QED) is 0.246. The Morgan fingerprint density at radius 2 is 1.87 bits per heavy atom. The van der Waals surface area contributed by atoms with Crippen LogP contribution in [0.1, 0.15) is 67.0 Å². The first-order chi connectivity index (χ1) is 22.7. The van der Waals surface area contributed by atoms with Gasteiger partial charge in [0.15, 0.2) is 17.5 Å². The van der Waals surface area contributed by atoms with Gasteiger partial charge in [-0.1, -0.05) is 31.5 Å². The van der Waals surface area contributed by atoms with Gasteiger partial charge in [-0.3, -0.25) is 9.55 Å². The molecule has 1 fully saturated rings. The van der Waals surface area contributed by atoms with Crippen molar-refractivity contribution < 1.29 is 30.6 Å². The van der Waals surface area contributed by atoms with E-state index in [-0.39, 0.29) is 42.4 Å². The molecule has 0 spiro atoms. The zero-order valence-corrected chi connectivity index (χ0v) is 27.8. The standard InChI is InChI=1S/C34H37ClF3N5O4/c1-17(2)28-29(18(3)10-11-39-28)43-30-21(14-22(35)25(27(30)38)24-20(16-44)8-9-23(36)26(24)37)31(40-32(43)45)42-13-12-41(15-19(42)4)33(46)47-34(5,6)7/h8-11,14,17,19,44H,12-13,15-16H2,1-7H3/t19-/m0/s1/i16D2. The number of hydrogen-bond donors (Lipinski definition) is 1. The zero-order chi connectivity index (χ0) is 36.3. The molecule has 0 unspecified atom stereocenters. The Balaban J connectivity index is 1.85. The van der Waals surface area contributed by atoms with Gasteiger partial charge in [0.05, 0.1) is 31.2 Å². The second-order valence-electron chi connectivity index (χ2n) is 12.9. The van der Waals surface area contributed by atoms with Crippen molar-refractivity contribution in [2.45, 2.75) is 72.6 Å². The Labute approximate surface area is 278 Å². The zero-order valence-electron chi connectivity index (χ0n) is 29.1. The van der Waals surface area contributed by atoms with Crippen molar-refractivity contribution in [3.63, 3.8) is 0 Å². The first kappa shape index (κ1) is 31.4. The van der Waals surface area contributed by atoms with Gasteiger partial charge in [0.25, 0.3) is 0 Å². The van der Waals surface area contributed by atoms with E-state index in [2.05, 4.69) is 9.97 Å². The molecule has 13 heteroatoms. The van der Waals surface area contributed by atoms with Gasteiger partial charge in [0, 0.05) is 48.4 Å². The molecule has 1 atom stereocenters. The summed E-state index contributed by atoms with van der Waals surface area (Å²) in [5.41, 5.74) is -3.33. The maximum atomic E-state index is 17.4. The number of piperazine rings is 1. The number of hydrogen-bond acceptors (Lipinski definition) is 7. The lowest BCUT2D eigenvalue weighted by Crippen LogP contribution is -2.55. The fraction of sp³-hybridized carbons (Fsp3) is 0.412. The number of carbonyl (C=O) groups excluding carboxylic acids is 1. The number of amides is 1. The van der Waals surface area contributed by atoms with Crippen molar-refractivity contribution in [3.05, 3.63) is 80.2 Å². The summed E-state index contributed by atoms with van der Waals surface area (Å²) < 4.78 is 69.9. The molecule has 1 aliphatic rings. The van der Waals surface area contributed by atoms with E-state index in [0.717, 1.165) is 10.6 Å². The van der Waals surface area contributed by atoms with Gasteiger partial charge < -0.3 is 19.6 Å². The Bertz CT molecular complexity index is 2030. The molecule has 1 amide bonds. The summed E-state index contributed by atoms with van der Waals surface area (Å²) in [6.07, 6.45) is 1.03. The van der Waals surface area contributed by atoms with Crippen molar-refractivity contribution >= 4 is 34.4 Å². The lowest BCUT2D eigenvalue weighted by molar-refractivity contribution is 0.0218. The molecule has 5 rings (SSSR count). The van der Waals surface area contributed by atoms with Gasteiger partial charge >= 0.3 is 11.8 Å². The van der Waals surface area contributed by atoms with Crippen molar-refractivity contribution in [1.29, 1.82) is 0 Å². The highest BCUT2D eigenvalue weighted by Crippen LogP contribution is 2.42. The van der Waals surface area contributed by atoms with Gasteiger partial charge in [0.1, 0.15) is 11.4 Å². The van der Waals surface area contributed by atoms with Crippen molar-refractivity contribution in [1.82, 2.24) is 19.4 Å². The summed E-state index contributed by atoms with van der Waals surface area (Å²) in [7, 11) is 0. The second kappa shape index (κ2) is 12.8. The summed E-state index contributed by atoms with van der Waals surface area (Å²) in [5.74, 6) is -4.58. The largest absolute Gasteiger partial charge is 0.444 e. The molecule has 2 aromatic heterocycles. The van der Waals surface area contributed by atoms with Crippen LogP contribution in [0.3, 0.4) is 0 Å². The third-order valence-electron chi connectivity index (χ3n) is 7.99. The van der Waals surface area contributed by atoms with Crippen LogP contribution in [0.25, 0.3) is 27.7 Å². The Hall–Kier alpha value is -4.16. The molecular formula is C34H37ClF3N5O4. The fourth-order valence-electron chi connectivity index (χ4n) is 5.89. The number of pyridine rings is 1. The van der Waals surface area contributed by atoms with Crippen LogP contribution in [0.5, 0.6) is 0 Å². The minimum Gasteiger partial charge on any atom is -0.444 e. The lowest BCUT2D eigenvalue weighted by atomic mass is 9.96. The molecule has 3 heterocycles. The Morgan fingerprint density at radius 3 is 2.49 bits per heavy atom. The van der Waals surface area contributed by atoms with Gasteiger partial charge in [0.2, 0.25) is 0 Å². The number of aliphatic hydroxyl groups is 1. The van der Waals surface area contributed by atoms with E-state index in [1.165, 1.54) is 11.0 Å². The number of halogens is 4. The first-order valence-corrected chi connectivity index (χ1v) is 15.5. The minimum atomic E-state index is -3.23. The van der Waals surface area contributed by atoms with Gasteiger partial charge in [-0.25, -0.2) is 22.8 Å². The number of benzene rings is 2. The molecule has 0 aliphatic carbocycles. The predicted molar refractivity (Wildman–Crippen MR) is 175 cm³/mol. The van der Waals surface area contributed by atoms with Crippen LogP contribution in [0.2, 0.25) is 5.02 Å². The van der Waals surface area contributed by atoms with Crippen LogP contribution >= 0.6 is 11.6 Å². The number of aryl methyl sites for hydroxylation is 1. The average molecular weight is 674 g/mol. The summed E-state index contributed by atoms with van der Waals surface area (Å²) in [6.45, 7) is 9.73. The number of carbonyl (C=O) groups is 1. The number of anilines is 1. The SMILES string of the molecule is [2H]C([2H])(O)c1ccc(F)c(F)c1-c1c(Cl)cc2c(N3CCN(C(=O)OC(C)(C)C)C[C@@H]3C)nc(=O)n(-c3c(C)ccnc3C(C)C)c2c1F. The van der Waals surface area contributed by atoms with Crippen molar-refractivity contribution in [2.75, 3.05) is 24.5 Å². The smallest absolute Gasteiger partial charge is 0.410 e. The highest BCUT2D eigenvalue weighted by molar-refractivity contribution is 6.34. The normalized spacial score (nSPS) is 16.5. The topological polar surface area (TPSA) is 101 Å². The Kier molecular flexibility index (Phi) is 8.56. The van der Waals surface area contributed by atoms with E-state index in [9.17, 15) is 19.1 Å². The van der Waals surface area contributed by atoms with E-state index in [4.69, 9.17) is 19.1 Å². The Morgan fingerprint density at radius 1 is 1.17 bits per heavy atom. The first-order valence-electron chi connectivity index (χ1n) is 16.1. The third-order valence-corrected chi connectivity index (χ3v) is 8.29. The van der Waals surface area contributed by atoms with E-state index in [1.807, 2.05) is 13.8 Å². The molecule has 1 saturated heterocycles.